The maximum Gasteiger partial charge on any atom is 0.159 e. The van der Waals surface area contributed by atoms with Crippen LogP contribution in [-0.2, 0) is 4.79 Å². The van der Waals surface area contributed by atoms with Gasteiger partial charge in [-0.3, -0.25) is 4.79 Å². The molecule has 0 bridgehead atoms. The predicted octanol–water partition coefficient (Wildman–Crippen LogP) is 7.40. The van der Waals surface area contributed by atoms with Gasteiger partial charge in [-0.25, -0.2) is 0 Å². The van der Waals surface area contributed by atoms with Crippen molar-refractivity contribution in [2.45, 2.75) is 54.4 Å². The molecule has 0 atom stereocenters. The van der Waals surface area contributed by atoms with Gasteiger partial charge in [0.2, 0.25) is 0 Å². The molecular formula is C23H31BrO2. The minimum absolute atomic E-state index is 0.0335. The molecule has 0 saturated heterocycles. The summed E-state index contributed by atoms with van der Waals surface area (Å²) in [6, 6.07) is 5.42. The highest BCUT2D eigenvalue weighted by molar-refractivity contribution is 9.10. The van der Waals surface area contributed by atoms with E-state index in [1.807, 2.05) is 38.1 Å². The van der Waals surface area contributed by atoms with Crippen LogP contribution in [0.25, 0.3) is 5.57 Å². The van der Waals surface area contributed by atoms with Crippen molar-refractivity contribution in [3.8, 4) is 5.75 Å². The third kappa shape index (κ3) is 8.01. The first kappa shape index (κ1) is 24.1. The van der Waals surface area contributed by atoms with Crippen LogP contribution in [0.15, 0.2) is 64.2 Å². The molecule has 0 radical (unpaired) electrons. The highest BCUT2D eigenvalue weighted by Crippen LogP contribution is 2.33. The van der Waals surface area contributed by atoms with Gasteiger partial charge >= 0.3 is 0 Å². The fourth-order valence-corrected chi connectivity index (χ4v) is 2.70. The van der Waals surface area contributed by atoms with Gasteiger partial charge in [0.05, 0.1) is 0 Å². The van der Waals surface area contributed by atoms with E-state index in [9.17, 15) is 9.90 Å². The van der Waals surface area contributed by atoms with Crippen LogP contribution in [0.4, 0.5) is 0 Å². The number of rotatable bonds is 6. The Balaban J connectivity index is 0.00000194. The standard InChI is InChI=1S/C20H23BrO2.C3H8/c1-6-18(14(3)9-7-8-13(2)16(5)22)15(4)19-12-17(21)10-11-20(19)23;1-3-2/h7-12,23H,2,6H2,1,3-5H3;3H2,1-2H3/b8-7-,14-9+,18-15-;. The van der Waals surface area contributed by atoms with E-state index in [0.29, 0.717) is 5.57 Å². The third-order valence-corrected chi connectivity index (χ3v) is 4.23. The molecule has 26 heavy (non-hydrogen) atoms. The molecular weight excluding hydrogens is 388 g/mol. The van der Waals surface area contributed by atoms with Crippen molar-refractivity contribution >= 4 is 27.3 Å². The van der Waals surface area contributed by atoms with Gasteiger partial charge < -0.3 is 5.11 Å². The van der Waals surface area contributed by atoms with E-state index < -0.39 is 0 Å². The Morgan fingerprint density at radius 2 is 1.77 bits per heavy atom. The third-order valence-electron chi connectivity index (χ3n) is 3.74. The summed E-state index contributed by atoms with van der Waals surface area (Å²) in [5.41, 5.74) is 4.60. The minimum atomic E-state index is -0.0335. The molecule has 1 aromatic rings. The Morgan fingerprint density at radius 3 is 2.27 bits per heavy atom. The summed E-state index contributed by atoms with van der Waals surface area (Å²) in [6.07, 6.45) is 7.61. The first-order valence-electron chi connectivity index (χ1n) is 8.93. The largest absolute Gasteiger partial charge is 0.507 e. The number of phenols is 1. The molecule has 3 heteroatoms. The predicted molar refractivity (Wildman–Crippen MR) is 117 cm³/mol. The number of allylic oxidation sites excluding steroid dienone is 7. The maximum atomic E-state index is 11.2. The van der Waals surface area contributed by atoms with E-state index in [2.05, 4.69) is 43.3 Å². The molecule has 0 amide bonds. The average Bonchev–Trinajstić information content (AvgIpc) is 2.58. The Morgan fingerprint density at radius 1 is 1.19 bits per heavy atom. The zero-order chi connectivity index (χ0) is 20.3. The van der Waals surface area contributed by atoms with E-state index in [1.165, 1.54) is 13.3 Å². The highest BCUT2D eigenvalue weighted by Gasteiger charge is 2.09. The molecule has 0 aromatic heterocycles. The zero-order valence-corrected chi connectivity index (χ0v) is 18.4. The molecule has 0 fully saturated rings. The number of phenolic OH excluding ortho intramolecular Hbond substituents is 1. The Kier molecular flexibility index (Phi) is 11.6. The lowest BCUT2D eigenvalue weighted by atomic mass is 9.94. The number of carbonyl (C=O) groups excluding carboxylic acids is 1. The van der Waals surface area contributed by atoms with Gasteiger partial charge in [-0.2, -0.15) is 0 Å². The summed E-state index contributed by atoms with van der Waals surface area (Å²) in [7, 11) is 0. The van der Waals surface area contributed by atoms with Gasteiger partial charge in [0.25, 0.3) is 0 Å². The number of ketones is 1. The van der Waals surface area contributed by atoms with Crippen molar-refractivity contribution in [1.82, 2.24) is 0 Å². The summed E-state index contributed by atoms with van der Waals surface area (Å²) >= 11 is 3.44. The molecule has 0 aliphatic heterocycles. The monoisotopic (exact) mass is 418 g/mol. The minimum Gasteiger partial charge on any atom is -0.507 e. The van der Waals surface area contributed by atoms with Crippen LogP contribution in [0.1, 0.15) is 59.9 Å². The molecule has 0 unspecified atom stereocenters. The fourth-order valence-electron chi connectivity index (χ4n) is 2.34. The lowest BCUT2D eigenvalue weighted by Gasteiger charge is -2.13. The first-order valence-corrected chi connectivity index (χ1v) is 9.72. The summed E-state index contributed by atoms with van der Waals surface area (Å²) < 4.78 is 0.930. The second kappa shape index (κ2) is 12.5. The van der Waals surface area contributed by atoms with Gasteiger partial charge in [-0.05, 0) is 62.1 Å². The smallest absolute Gasteiger partial charge is 0.159 e. The van der Waals surface area contributed by atoms with Gasteiger partial charge in [-0.15, -0.1) is 0 Å². The van der Waals surface area contributed by atoms with Crippen molar-refractivity contribution in [3.05, 3.63) is 69.8 Å². The number of carbonyl (C=O) groups is 1. The van der Waals surface area contributed by atoms with Gasteiger partial charge in [-0.1, -0.05) is 67.9 Å². The molecule has 0 spiro atoms. The molecule has 1 N–H and O–H groups in total. The van der Waals surface area contributed by atoms with Crippen molar-refractivity contribution < 1.29 is 9.90 Å². The molecule has 1 rings (SSSR count). The van der Waals surface area contributed by atoms with Crippen LogP contribution in [0.3, 0.4) is 0 Å². The zero-order valence-electron chi connectivity index (χ0n) is 16.8. The lowest BCUT2D eigenvalue weighted by Crippen LogP contribution is -1.92. The second-order valence-electron chi connectivity index (χ2n) is 6.12. The van der Waals surface area contributed by atoms with E-state index in [-0.39, 0.29) is 11.5 Å². The molecule has 0 aliphatic carbocycles. The Bertz CT molecular complexity index is 722. The average molecular weight is 419 g/mol. The van der Waals surface area contributed by atoms with Gasteiger partial charge in [0.15, 0.2) is 5.78 Å². The van der Waals surface area contributed by atoms with Crippen molar-refractivity contribution in [2.75, 3.05) is 0 Å². The number of halogens is 1. The molecule has 0 heterocycles. The number of Topliss-reactive ketones (excluding diaryl/α,β-unsaturated/α-hetero) is 1. The molecule has 2 nitrogen and oxygen atoms in total. The molecule has 1 aromatic carbocycles. The Hall–Kier alpha value is -1.87. The number of hydrogen-bond acceptors (Lipinski definition) is 2. The number of benzene rings is 1. The van der Waals surface area contributed by atoms with E-state index in [1.54, 1.807) is 12.1 Å². The van der Waals surface area contributed by atoms with E-state index in [0.717, 1.165) is 33.2 Å². The van der Waals surface area contributed by atoms with Crippen LogP contribution in [-0.4, -0.2) is 10.9 Å². The van der Waals surface area contributed by atoms with Gasteiger partial charge in [0, 0.05) is 15.6 Å². The first-order chi connectivity index (χ1) is 12.2. The van der Waals surface area contributed by atoms with Crippen molar-refractivity contribution in [2.24, 2.45) is 0 Å². The summed E-state index contributed by atoms with van der Waals surface area (Å²) in [4.78, 5) is 11.2. The normalized spacial score (nSPS) is 12.3. The molecule has 142 valence electrons. The maximum absolute atomic E-state index is 11.2. The highest BCUT2D eigenvalue weighted by atomic mass is 79.9. The summed E-state index contributed by atoms with van der Waals surface area (Å²) in [5.74, 6) is 0.235. The second-order valence-corrected chi connectivity index (χ2v) is 7.03. The van der Waals surface area contributed by atoms with Crippen LogP contribution >= 0.6 is 15.9 Å². The van der Waals surface area contributed by atoms with E-state index >= 15 is 0 Å². The van der Waals surface area contributed by atoms with Crippen LogP contribution < -0.4 is 0 Å². The van der Waals surface area contributed by atoms with E-state index in [4.69, 9.17) is 0 Å². The summed E-state index contributed by atoms with van der Waals surface area (Å²) in [6.45, 7) is 15.6. The lowest BCUT2D eigenvalue weighted by molar-refractivity contribution is -0.113. The van der Waals surface area contributed by atoms with Gasteiger partial charge in [0.1, 0.15) is 5.75 Å². The number of hydrogen-bond donors (Lipinski definition) is 1. The molecule has 0 aliphatic rings. The van der Waals surface area contributed by atoms with Crippen LogP contribution in [0.5, 0.6) is 5.75 Å². The number of aromatic hydroxyl groups is 1. The van der Waals surface area contributed by atoms with Crippen molar-refractivity contribution in [3.63, 3.8) is 0 Å². The topological polar surface area (TPSA) is 37.3 Å². The Labute approximate surface area is 167 Å². The quantitative estimate of drug-likeness (QED) is 0.385. The SMILES string of the molecule is C=C(\C=C/C=C(C)/C(CC)=C(/C)c1cc(Br)ccc1O)C(C)=O.CCC. The van der Waals surface area contributed by atoms with Crippen LogP contribution in [0, 0.1) is 0 Å². The summed E-state index contributed by atoms with van der Waals surface area (Å²) in [5, 5.41) is 10.1. The molecule has 0 saturated carbocycles. The van der Waals surface area contributed by atoms with Crippen LogP contribution in [0.2, 0.25) is 0 Å². The van der Waals surface area contributed by atoms with Crippen molar-refractivity contribution in [1.29, 1.82) is 0 Å². The fraction of sp³-hybridized carbons (Fsp3) is 0.348.